The van der Waals surface area contributed by atoms with E-state index < -0.39 is 0 Å². The summed E-state index contributed by atoms with van der Waals surface area (Å²) >= 11 is 0. The molecule has 2 aromatic heterocycles. The highest BCUT2D eigenvalue weighted by molar-refractivity contribution is 5.79. The minimum atomic E-state index is 0.0893. The van der Waals surface area contributed by atoms with Crippen LogP contribution in [-0.4, -0.2) is 68.9 Å². The Kier molecular flexibility index (Phi) is 6.26. The average Bonchev–Trinajstić information content (AvgIpc) is 3.12. The lowest BCUT2D eigenvalue weighted by atomic mass is 9.96. The van der Waals surface area contributed by atoms with Crippen LogP contribution in [-0.2, 0) is 4.79 Å². The maximum absolute atomic E-state index is 12.5. The fourth-order valence-corrected chi connectivity index (χ4v) is 3.82. The number of hydrogen-bond donors (Lipinski definition) is 1. The second-order valence-corrected chi connectivity index (χ2v) is 7.80. The summed E-state index contributed by atoms with van der Waals surface area (Å²) in [5, 5.41) is 15.5. The van der Waals surface area contributed by atoms with E-state index in [4.69, 9.17) is 0 Å². The zero-order valence-corrected chi connectivity index (χ0v) is 16.8. The number of carbonyl (C=O) groups excluding carboxylic acids is 1. The number of anilines is 1. The molecule has 3 heterocycles. The van der Waals surface area contributed by atoms with E-state index in [1.807, 2.05) is 12.1 Å². The van der Waals surface area contributed by atoms with Crippen LogP contribution in [0.1, 0.15) is 40.5 Å². The van der Waals surface area contributed by atoms with E-state index in [-0.39, 0.29) is 11.8 Å². The molecule has 0 unspecified atom stereocenters. The fourth-order valence-electron chi connectivity index (χ4n) is 3.82. The molecule has 1 aliphatic rings. The molecule has 1 saturated heterocycles. The van der Waals surface area contributed by atoms with Crippen LogP contribution < -0.4 is 10.2 Å². The highest BCUT2D eigenvalue weighted by atomic mass is 16.1. The van der Waals surface area contributed by atoms with Gasteiger partial charge in [-0.15, -0.1) is 15.3 Å². The van der Waals surface area contributed by atoms with Crippen molar-refractivity contribution in [2.24, 2.45) is 5.92 Å². The molecule has 8 heteroatoms. The molecule has 1 fully saturated rings. The topological polar surface area (TPSA) is 78.7 Å². The highest BCUT2D eigenvalue weighted by Gasteiger charge is 2.26. The third-order valence-corrected chi connectivity index (χ3v) is 5.33. The lowest BCUT2D eigenvalue weighted by Crippen LogP contribution is -2.45. The fraction of sp³-hybridized carbons (Fsp3) is 0.684. The van der Waals surface area contributed by atoms with Gasteiger partial charge in [-0.3, -0.25) is 9.69 Å². The van der Waals surface area contributed by atoms with Crippen molar-refractivity contribution >= 4 is 17.4 Å². The first-order chi connectivity index (χ1) is 13.0. The van der Waals surface area contributed by atoms with Crippen molar-refractivity contribution in [1.82, 2.24) is 30.0 Å². The van der Waals surface area contributed by atoms with Crippen LogP contribution in [0.3, 0.4) is 0 Å². The van der Waals surface area contributed by atoms with Gasteiger partial charge >= 0.3 is 0 Å². The van der Waals surface area contributed by atoms with Gasteiger partial charge < -0.3 is 10.2 Å². The molecule has 3 rings (SSSR count). The number of piperidine rings is 1. The second-order valence-electron chi connectivity index (χ2n) is 7.80. The van der Waals surface area contributed by atoms with E-state index in [0.717, 1.165) is 43.9 Å². The van der Waals surface area contributed by atoms with E-state index in [0.29, 0.717) is 18.6 Å². The van der Waals surface area contributed by atoms with Crippen LogP contribution in [0.25, 0.3) is 5.65 Å². The van der Waals surface area contributed by atoms with E-state index in [1.54, 1.807) is 10.8 Å². The largest absolute Gasteiger partial charge is 0.355 e. The second kappa shape index (κ2) is 8.65. The van der Waals surface area contributed by atoms with Gasteiger partial charge in [-0.1, -0.05) is 0 Å². The summed E-state index contributed by atoms with van der Waals surface area (Å²) in [7, 11) is 0. The van der Waals surface area contributed by atoms with E-state index >= 15 is 0 Å². The van der Waals surface area contributed by atoms with Gasteiger partial charge in [0.2, 0.25) is 5.91 Å². The Bertz CT molecular complexity index is 741. The molecule has 8 nitrogen and oxygen atoms in total. The molecule has 27 heavy (non-hydrogen) atoms. The Hall–Kier alpha value is -2.22. The standard InChI is InChI=1S/C19H31N7O/c1-14(2)25(15(3)4)12-9-20-19(27)16-7-10-24(11-8-16)18-6-5-17-22-21-13-26(17)23-18/h5-6,13-16H,7-12H2,1-4H3,(H,20,27). The number of aromatic nitrogens is 4. The van der Waals surface area contributed by atoms with Crippen molar-refractivity contribution in [1.29, 1.82) is 0 Å². The Morgan fingerprint density at radius 2 is 1.93 bits per heavy atom. The van der Waals surface area contributed by atoms with Crippen molar-refractivity contribution in [3.8, 4) is 0 Å². The van der Waals surface area contributed by atoms with Crippen LogP contribution >= 0.6 is 0 Å². The number of fused-ring (bicyclic) bond motifs is 1. The normalized spacial score (nSPS) is 16.0. The summed E-state index contributed by atoms with van der Waals surface area (Å²) in [6.07, 6.45) is 3.31. The van der Waals surface area contributed by atoms with Crippen molar-refractivity contribution < 1.29 is 4.79 Å². The molecule has 0 bridgehead atoms. The molecule has 0 saturated carbocycles. The lowest BCUT2D eigenvalue weighted by molar-refractivity contribution is -0.125. The summed E-state index contributed by atoms with van der Waals surface area (Å²) in [6.45, 7) is 12.1. The molecular weight excluding hydrogens is 342 g/mol. The molecule has 0 aliphatic carbocycles. The Labute approximate surface area is 160 Å². The van der Waals surface area contributed by atoms with Gasteiger partial charge in [0.15, 0.2) is 5.65 Å². The first-order valence-electron chi connectivity index (χ1n) is 9.91. The van der Waals surface area contributed by atoms with Crippen molar-refractivity contribution in [2.75, 3.05) is 31.1 Å². The summed E-state index contributed by atoms with van der Waals surface area (Å²) in [5.74, 6) is 1.18. The number of nitrogens with one attached hydrogen (secondary N) is 1. The molecule has 1 aliphatic heterocycles. The average molecular weight is 374 g/mol. The van der Waals surface area contributed by atoms with Crippen LogP contribution in [0, 0.1) is 5.92 Å². The summed E-state index contributed by atoms with van der Waals surface area (Å²) in [4.78, 5) is 17.1. The van der Waals surface area contributed by atoms with Crippen molar-refractivity contribution in [2.45, 2.75) is 52.6 Å². The zero-order valence-electron chi connectivity index (χ0n) is 16.8. The number of carbonyl (C=O) groups is 1. The van der Waals surface area contributed by atoms with Gasteiger partial charge in [-0.2, -0.15) is 4.52 Å². The quantitative estimate of drug-likeness (QED) is 0.794. The van der Waals surface area contributed by atoms with Crippen LogP contribution in [0.15, 0.2) is 18.5 Å². The van der Waals surface area contributed by atoms with Crippen molar-refractivity contribution in [3.05, 3.63) is 18.5 Å². The third-order valence-electron chi connectivity index (χ3n) is 5.33. The number of nitrogens with zero attached hydrogens (tertiary/aromatic N) is 6. The first-order valence-corrected chi connectivity index (χ1v) is 9.91. The molecule has 0 aromatic carbocycles. The van der Waals surface area contributed by atoms with Gasteiger partial charge in [-0.25, -0.2) is 0 Å². The predicted molar refractivity (Wildman–Crippen MR) is 106 cm³/mol. The Morgan fingerprint density at radius 1 is 1.22 bits per heavy atom. The molecule has 148 valence electrons. The Morgan fingerprint density at radius 3 is 2.59 bits per heavy atom. The maximum Gasteiger partial charge on any atom is 0.223 e. The van der Waals surface area contributed by atoms with Gasteiger partial charge in [0.1, 0.15) is 12.1 Å². The number of rotatable bonds is 7. The first kappa shape index (κ1) is 19.5. The van der Waals surface area contributed by atoms with Crippen LogP contribution in [0.4, 0.5) is 5.82 Å². The zero-order chi connectivity index (χ0) is 19.4. The molecule has 1 amide bonds. The van der Waals surface area contributed by atoms with Gasteiger partial charge in [0.05, 0.1) is 0 Å². The minimum absolute atomic E-state index is 0.0893. The van der Waals surface area contributed by atoms with Crippen LogP contribution in [0.5, 0.6) is 0 Å². The Balaban J connectivity index is 1.46. The highest BCUT2D eigenvalue weighted by Crippen LogP contribution is 2.22. The molecule has 0 radical (unpaired) electrons. The number of hydrogen-bond acceptors (Lipinski definition) is 6. The molecule has 0 spiro atoms. The molecule has 0 atom stereocenters. The monoisotopic (exact) mass is 373 g/mol. The smallest absolute Gasteiger partial charge is 0.223 e. The summed E-state index contributed by atoms with van der Waals surface area (Å²) in [5.41, 5.74) is 0.741. The summed E-state index contributed by atoms with van der Waals surface area (Å²) in [6, 6.07) is 4.86. The van der Waals surface area contributed by atoms with Crippen molar-refractivity contribution in [3.63, 3.8) is 0 Å². The molecular formula is C19H31N7O. The van der Waals surface area contributed by atoms with Gasteiger partial charge in [0, 0.05) is 44.2 Å². The summed E-state index contributed by atoms with van der Waals surface area (Å²) < 4.78 is 1.68. The van der Waals surface area contributed by atoms with E-state index in [2.05, 4.69) is 58.1 Å². The molecule has 1 N–H and O–H groups in total. The van der Waals surface area contributed by atoms with Gasteiger partial charge in [-0.05, 0) is 52.7 Å². The molecule has 2 aromatic rings. The predicted octanol–water partition coefficient (Wildman–Crippen LogP) is 1.58. The van der Waals surface area contributed by atoms with E-state index in [1.165, 1.54) is 0 Å². The maximum atomic E-state index is 12.5. The van der Waals surface area contributed by atoms with Crippen LogP contribution in [0.2, 0.25) is 0 Å². The SMILES string of the molecule is CC(C)N(CCNC(=O)C1CCN(c2ccc3nncn3n2)CC1)C(C)C. The van der Waals surface area contributed by atoms with Gasteiger partial charge in [0.25, 0.3) is 0 Å². The lowest BCUT2D eigenvalue weighted by Gasteiger charge is -2.33. The van der Waals surface area contributed by atoms with E-state index in [9.17, 15) is 4.79 Å². The minimum Gasteiger partial charge on any atom is -0.355 e. The number of amides is 1. The third kappa shape index (κ3) is 4.74.